The summed E-state index contributed by atoms with van der Waals surface area (Å²) >= 11 is 0. The molecular formula is C13H14. The van der Waals surface area contributed by atoms with Gasteiger partial charge in [-0.05, 0) is 36.5 Å². The fraction of sp³-hybridized carbons (Fsp3) is 0.231. The van der Waals surface area contributed by atoms with Crippen LogP contribution in [0.3, 0.4) is 0 Å². The van der Waals surface area contributed by atoms with E-state index in [2.05, 4.69) is 49.4 Å². The Morgan fingerprint density at radius 3 is 2.31 bits per heavy atom. The molecule has 0 saturated carbocycles. The predicted octanol–water partition coefficient (Wildman–Crippen LogP) is 3.81. The lowest BCUT2D eigenvalue weighted by molar-refractivity contribution is 1.02. The van der Waals surface area contributed by atoms with E-state index in [1.807, 2.05) is 0 Å². The Hall–Kier alpha value is -1.30. The molecule has 1 aromatic carbocycles. The van der Waals surface area contributed by atoms with Crippen LogP contribution in [0.5, 0.6) is 0 Å². The van der Waals surface area contributed by atoms with Crippen LogP contribution in [-0.4, -0.2) is 0 Å². The maximum atomic E-state index is 2.34. The lowest BCUT2D eigenvalue weighted by Crippen LogP contribution is -1.90. The SMILES string of the molecule is CC1=CCCC=C1c1ccccc1. The largest absolute Gasteiger partial charge is 0.0807 e. The molecular weight excluding hydrogens is 156 g/mol. The van der Waals surface area contributed by atoms with Crippen molar-refractivity contribution in [2.24, 2.45) is 0 Å². The van der Waals surface area contributed by atoms with Gasteiger partial charge in [-0.3, -0.25) is 0 Å². The highest BCUT2D eigenvalue weighted by atomic mass is 14.1. The van der Waals surface area contributed by atoms with E-state index in [1.165, 1.54) is 29.6 Å². The van der Waals surface area contributed by atoms with Crippen LogP contribution in [0.4, 0.5) is 0 Å². The zero-order chi connectivity index (χ0) is 9.10. The average molecular weight is 170 g/mol. The van der Waals surface area contributed by atoms with Crippen molar-refractivity contribution in [3.63, 3.8) is 0 Å². The molecule has 0 unspecified atom stereocenters. The monoisotopic (exact) mass is 170 g/mol. The Morgan fingerprint density at radius 1 is 0.923 bits per heavy atom. The van der Waals surface area contributed by atoms with Gasteiger partial charge >= 0.3 is 0 Å². The van der Waals surface area contributed by atoms with Gasteiger partial charge in [-0.15, -0.1) is 0 Å². The minimum Gasteiger partial charge on any atom is -0.0807 e. The summed E-state index contributed by atoms with van der Waals surface area (Å²) in [4.78, 5) is 0. The molecule has 0 aliphatic heterocycles. The second kappa shape index (κ2) is 3.61. The Kier molecular flexibility index (Phi) is 2.31. The summed E-state index contributed by atoms with van der Waals surface area (Å²) in [6.45, 7) is 2.19. The van der Waals surface area contributed by atoms with Crippen LogP contribution in [0.2, 0.25) is 0 Å². The molecule has 0 heterocycles. The zero-order valence-corrected chi connectivity index (χ0v) is 7.96. The Balaban J connectivity index is 2.37. The molecule has 1 aliphatic rings. The third kappa shape index (κ3) is 1.72. The molecule has 0 spiro atoms. The lowest BCUT2D eigenvalue weighted by Gasteiger charge is -2.12. The average Bonchev–Trinajstić information content (AvgIpc) is 2.20. The summed E-state index contributed by atoms with van der Waals surface area (Å²) in [6, 6.07) is 10.6. The number of hydrogen-bond acceptors (Lipinski definition) is 0. The lowest BCUT2D eigenvalue weighted by atomic mass is 9.93. The van der Waals surface area contributed by atoms with Crippen molar-refractivity contribution in [1.29, 1.82) is 0 Å². The molecule has 0 heteroatoms. The van der Waals surface area contributed by atoms with E-state index >= 15 is 0 Å². The fourth-order valence-corrected chi connectivity index (χ4v) is 1.76. The van der Waals surface area contributed by atoms with Gasteiger partial charge in [0.25, 0.3) is 0 Å². The maximum Gasteiger partial charge on any atom is -0.0185 e. The van der Waals surface area contributed by atoms with Crippen LogP contribution in [-0.2, 0) is 0 Å². The molecule has 0 nitrogen and oxygen atoms in total. The van der Waals surface area contributed by atoms with Gasteiger partial charge < -0.3 is 0 Å². The highest BCUT2D eigenvalue weighted by molar-refractivity contribution is 5.79. The number of rotatable bonds is 1. The summed E-state index contributed by atoms with van der Waals surface area (Å²) in [5.41, 5.74) is 4.17. The third-order valence-electron chi connectivity index (χ3n) is 2.48. The topological polar surface area (TPSA) is 0 Å². The van der Waals surface area contributed by atoms with Gasteiger partial charge in [-0.25, -0.2) is 0 Å². The molecule has 2 rings (SSSR count). The number of benzene rings is 1. The summed E-state index contributed by atoms with van der Waals surface area (Å²) in [7, 11) is 0. The van der Waals surface area contributed by atoms with Crippen molar-refractivity contribution in [3.05, 3.63) is 53.6 Å². The van der Waals surface area contributed by atoms with E-state index in [0.717, 1.165) is 0 Å². The van der Waals surface area contributed by atoms with Crippen LogP contribution >= 0.6 is 0 Å². The van der Waals surface area contributed by atoms with Crippen LogP contribution in [0, 0.1) is 0 Å². The molecule has 1 aromatic rings. The van der Waals surface area contributed by atoms with E-state index < -0.39 is 0 Å². The minimum absolute atomic E-state index is 1.18. The van der Waals surface area contributed by atoms with Crippen LogP contribution < -0.4 is 0 Å². The molecule has 0 fully saturated rings. The molecule has 0 N–H and O–H groups in total. The number of allylic oxidation sites excluding steroid dienone is 4. The van der Waals surface area contributed by atoms with Crippen LogP contribution in [0.1, 0.15) is 25.3 Å². The fourth-order valence-electron chi connectivity index (χ4n) is 1.76. The van der Waals surface area contributed by atoms with Gasteiger partial charge in [0.1, 0.15) is 0 Å². The first-order chi connectivity index (χ1) is 6.38. The van der Waals surface area contributed by atoms with Gasteiger partial charge in [0.2, 0.25) is 0 Å². The Bertz CT molecular complexity index is 342. The molecule has 0 radical (unpaired) electrons. The van der Waals surface area contributed by atoms with Crippen molar-refractivity contribution in [3.8, 4) is 0 Å². The van der Waals surface area contributed by atoms with E-state index in [0.29, 0.717) is 0 Å². The van der Waals surface area contributed by atoms with Crippen LogP contribution in [0.25, 0.3) is 5.57 Å². The normalized spacial score (nSPS) is 16.4. The summed E-state index contributed by atoms with van der Waals surface area (Å²) in [5.74, 6) is 0. The van der Waals surface area contributed by atoms with Crippen molar-refractivity contribution >= 4 is 5.57 Å². The predicted molar refractivity (Wildman–Crippen MR) is 57.4 cm³/mol. The molecule has 1 aliphatic carbocycles. The van der Waals surface area contributed by atoms with Gasteiger partial charge in [0.05, 0.1) is 0 Å². The summed E-state index contributed by atoms with van der Waals surface area (Å²) in [5, 5.41) is 0. The first-order valence-corrected chi connectivity index (χ1v) is 4.80. The molecule has 13 heavy (non-hydrogen) atoms. The highest BCUT2D eigenvalue weighted by Crippen LogP contribution is 2.27. The van der Waals surface area contributed by atoms with Crippen molar-refractivity contribution in [2.45, 2.75) is 19.8 Å². The molecule has 0 aromatic heterocycles. The Labute approximate surface area is 79.6 Å². The molecule has 0 atom stereocenters. The van der Waals surface area contributed by atoms with E-state index in [1.54, 1.807) is 0 Å². The second-order valence-corrected chi connectivity index (χ2v) is 3.45. The quantitative estimate of drug-likeness (QED) is 0.601. The highest BCUT2D eigenvalue weighted by Gasteiger charge is 2.05. The zero-order valence-electron chi connectivity index (χ0n) is 7.96. The van der Waals surface area contributed by atoms with Crippen LogP contribution in [0.15, 0.2) is 48.1 Å². The molecule has 0 saturated heterocycles. The summed E-state index contributed by atoms with van der Waals surface area (Å²) < 4.78 is 0. The standard InChI is InChI=1S/C13H14/c1-11-7-5-6-10-13(11)12-8-3-2-4-9-12/h2-4,7-10H,5-6H2,1H3. The van der Waals surface area contributed by atoms with Gasteiger partial charge in [-0.1, -0.05) is 42.5 Å². The van der Waals surface area contributed by atoms with E-state index in [9.17, 15) is 0 Å². The smallest absolute Gasteiger partial charge is 0.0185 e. The minimum atomic E-state index is 1.18. The first-order valence-electron chi connectivity index (χ1n) is 4.80. The third-order valence-corrected chi connectivity index (χ3v) is 2.48. The van der Waals surface area contributed by atoms with Gasteiger partial charge in [0, 0.05) is 0 Å². The first kappa shape index (κ1) is 8.31. The molecule has 0 bridgehead atoms. The van der Waals surface area contributed by atoms with Crippen molar-refractivity contribution < 1.29 is 0 Å². The van der Waals surface area contributed by atoms with E-state index in [-0.39, 0.29) is 0 Å². The maximum absolute atomic E-state index is 2.34. The van der Waals surface area contributed by atoms with Crippen molar-refractivity contribution in [1.82, 2.24) is 0 Å². The van der Waals surface area contributed by atoms with E-state index in [4.69, 9.17) is 0 Å². The second-order valence-electron chi connectivity index (χ2n) is 3.45. The van der Waals surface area contributed by atoms with Gasteiger partial charge in [0.15, 0.2) is 0 Å². The molecule has 0 amide bonds. The van der Waals surface area contributed by atoms with Gasteiger partial charge in [-0.2, -0.15) is 0 Å². The molecule has 66 valence electrons. The number of hydrogen-bond donors (Lipinski definition) is 0. The van der Waals surface area contributed by atoms with Crippen molar-refractivity contribution in [2.75, 3.05) is 0 Å². The Morgan fingerprint density at radius 2 is 1.62 bits per heavy atom. The summed E-state index contributed by atoms with van der Waals surface area (Å²) in [6.07, 6.45) is 7.04.